The summed E-state index contributed by atoms with van der Waals surface area (Å²) in [5, 5.41) is 13.6. The molecule has 3 aromatic carbocycles. The van der Waals surface area contributed by atoms with Crippen molar-refractivity contribution in [1.29, 1.82) is 0 Å². The molecule has 2 unspecified atom stereocenters. The number of ether oxygens (including phenoxy) is 3. The van der Waals surface area contributed by atoms with Gasteiger partial charge in [0.05, 0.1) is 19.3 Å². The van der Waals surface area contributed by atoms with Gasteiger partial charge in [0.25, 0.3) is 0 Å². The van der Waals surface area contributed by atoms with Crippen LogP contribution in [0.2, 0.25) is 0 Å². The number of esters is 3. The molecule has 0 aliphatic carbocycles. The topological polar surface area (TPSA) is 146 Å². The maximum Gasteiger partial charge on any atom is 0.310 e. The number of aliphatic hydroxyl groups is 1. The number of para-hydroxylation sites is 3. The fraction of sp³-hybridized carbons (Fsp3) is 0.206. The molecule has 44 heavy (non-hydrogen) atoms. The van der Waals surface area contributed by atoms with E-state index in [2.05, 4.69) is 15.0 Å². The zero-order valence-corrected chi connectivity index (χ0v) is 23.7. The summed E-state index contributed by atoms with van der Waals surface area (Å²) in [7, 11) is 0. The summed E-state index contributed by atoms with van der Waals surface area (Å²) < 4.78 is 16.4. The highest BCUT2D eigenvalue weighted by Crippen LogP contribution is 2.21. The van der Waals surface area contributed by atoms with Crippen LogP contribution in [0, 0.1) is 0 Å². The zero-order valence-electron chi connectivity index (χ0n) is 23.7. The highest BCUT2D eigenvalue weighted by Gasteiger charge is 2.28. The van der Waals surface area contributed by atoms with Crippen LogP contribution in [0.5, 0.6) is 0 Å². The second-order valence-corrected chi connectivity index (χ2v) is 10.6. The van der Waals surface area contributed by atoms with Crippen molar-refractivity contribution >= 4 is 50.6 Å². The van der Waals surface area contributed by atoms with Gasteiger partial charge in [-0.1, -0.05) is 54.6 Å². The Kier molecular flexibility index (Phi) is 8.42. The van der Waals surface area contributed by atoms with Crippen molar-refractivity contribution in [2.75, 3.05) is 13.2 Å². The van der Waals surface area contributed by atoms with Crippen molar-refractivity contribution in [2.45, 2.75) is 31.5 Å². The first-order valence-electron chi connectivity index (χ1n) is 14.3. The molecule has 0 aliphatic rings. The molecule has 0 radical (unpaired) electrons. The highest BCUT2D eigenvalue weighted by molar-refractivity contribution is 5.89. The van der Waals surface area contributed by atoms with Gasteiger partial charge in [-0.15, -0.1) is 0 Å². The first-order chi connectivity index (χ1) is 21.4. The molecule has 6 rings (SSSR count). The second-order valence-electron chi connectivity index (χ2n) is 10.6. The molecule has 4 N–H and O–H groups in total. The molecule has 0 saturated heterocycles. The summed E-state index contributed by atoms with van der Waals surface area (Å²) in [5.74, 6) is -1.75. The van der Waals surface area contributed by atoms with E-state index in [9.17, 15) is 19.5 Å². The number of hydrogen-bond donors (Lipinski definition) is 4. The molecule has 10 nitrogen and oxygen atoms in total. The Morgan fingerprint density at radius 2 is 0.955 bits per heavy atom. The molecular weight excluding hydrogens is 562 g/mol. The molecule has 3 aromatic heterocycles. The second kappa shape index (κ2) is 12.9. The number of aromatic nitrogens is 3. The Hall–Kier alpha value is -5.35. The molecule has 3 heterocycles. The van der Waals surface area contributed by atoms with Crippen LogP contribution in [-0.4, -0.2) is 63.4 Å². The highest BCUT2D eigenvalue weighted by atomic mass is 16.6. The van der Waals surface area contributed by atoms with Crippen LogP contribution in [0.4, 0.5) is 0 Å². The molecule has 0 spiro atoms. The number of aromatic amines is 3. The Labute approximate surface area is 251 Å². The van der Waals surface area contributed by atoms with Crippen molar-refractivity contribution in [3.8, 4) is 0 Å². The van der Waals surface area contributed by atoms with Crippen molar-refractivity contribution in [3.05, 3.63) is 108 Å². The van der Waals surface area contributed by atoms with Crippen LogP contribution in [0.3, 0.4) is 0 Å². The lowest BCUT2D eigenvalue weighted by Gasteiger charge is -2.23. The summed E-state index contributed by atoms with van der Waals surface area (Å²) in [4.78, 5) is 47.7. The molecule has 0 bridgehead atoms. The minimum Gasteiger partial charge on any atom is -0.463 e. The maximum atomic E-state index is 13.0. The molecule has 0 aliphatic heterocycles. The Bertz CT molecular complexity index is 1940. The van der Waals surface area contributed by atoms with Gasteiger partial charge in [-0.2, -0.15) is 0 Å². The van der Waals surface area contributed by atoms with Crippen LogP contribution in [-0.2, 0) is 47.9 Å². The first kappa shape index (κ1) is 28.8. The molecule has 6 aromatic rings. The lowest BCUT2D eigenvalue weighted by molar-refractivity contribution is -0.170. The van der Waals surface area contributed by atoms with Gasteiger partial charge in [-0.3, -0.25) is 14.4 Å². The third kappa shape index (κ3) is 6.50. The molecule has 10 heteroatoms. The van der Waals surface area contributed by atoms with E-state index in [0.29, 0.717) is 0 Å². The molecule has 0 amide bonds. The number of carbonyl (C=O) groups excluding carboxylic acids is 3. The molecule has 0 fully saturated rings. The quantitative estimate of drug-likeness (QED) is 0.121. The van der Waals surface area contributed by atoms with Gasteiger partial charge in [0, 0.05) is 51.3 Å². The minimum absolute atomic E-state index is 0.0125. The van der Waals surface area contributed by atoms with E-state index in [1.165, 1.54) is 0 Å². The van der Waals surface area contributed by atoms with Crippen LogP contribution >= 0.6 is 0 Å². The number of hydrogen-bond acceptors (Lipinski definition) is 7. The van der Waals surface area contributed by atoms with Gasteiger partial charge in [-0.25, -0.2) is 0 Å². The average molecular weight is 594 g/mol. The van der Waals surface area contributed by atoms with E-state index >= 15 is 0 Å². The molecule has 224 valence electrons. The van der Waals surface area contributed by atoms with Crippen molar-refractivity contribution in [2.24, 2.45) is 0 Å². The van der Waals surface area contributed by atoms with Gasteiger partial charge < -0.3 is 34.3 Å². The monoisotopic (exact) mass is 593 g/mol. The van der Waals surface area contributed by atoms with Crippen LogP contribution in [0.1, 0.15) is 16.7 Å². The summed E-state index contributed by atoms with van der Waals surface area (Å²) in [5.41, 5.74) is 4.90. The Morgan fingerprint density at radius 1 is 0.568 bits per heavy atom. The smallest absolute Gasteiger partial charge is 0.310 e. The Balaban J connectivity index is 1.10. The lowest BCUT2D eigenvalue weighted by Crippen LogP contribution is -2.40. The van der Waals surface area contributed by atoms with Gasteiger partial charge in [-0.05, 0) is 34.9 Å². The molecule has 2 atom stereocenters. The third-order valence-corrected chi connectivity index (χ3v) is 7.56. The first-order valence-corrected chi connectivity index (χ1v) is 14.3. The Morgan fingerprint density at radius 3 is 1.41 bits per heavy atom. The maximum absolute atomic E-state index is 13.0. The number of H-pyrrole nitrogens is 3. The number of fused-ring (bicyclic) bond motifs is 3. The van der Waals surface area contributed by atoms with Gasteiger partial charge in [0.15, 0.2) is 6.10 Å². The number of carbonyl (C=O) groups is 3. The van der Waals surface area contributed by atoms with E-state index in [1.807, 2.05) is 72.8 Å². The van der Waals surface area contributed by atoms with E-state index in [0.717, 1.165) is 49.4 Å². The van der Waals surface area contributed by atoms with Crippen molar-refractivity contribution in [1.82, 2.24) is 15.0 Å². The fourth-order valence-electron chi connectivity index (χ4n) is 5.30. The van der Waals surface area contributed by atoms with E-state index in [-0.39, 0.29) is 19.3 Å². The fourth-order valence-corrected chi connectivity index (χ4v) is 5.30. The predicted octanol–water partition coefficient (Wildman–Crippen LogP) is 4.52. The van der Waals surface area contributed by atoms with Crippen molar-refractivity contribution in [3.63, 3.8) is 0 Å². The number of benzene rings is 3. The molecule has 0 saturated carbocycles. The SMILES string of the molecule is O=C(Cc1c[nH]c2ccccc12)OCC(O)C(COC(=O)Cc1c[nH]c2ccccc12)OC(=O)Cc1c[nH]c2ccccc12. The van der Waals surface area contributed by atoms with Gasteiger partial charge in [0.1, 0.15) is 19.3 Å². The van der Waals surface area contributed by atoms with Crippen molar-refractivity contribution < 1.29 is 33.7 Å². The van der Waals surface area contributed by atoms with Crippen LogP contribution in [0.15, 0.2) is 91.4 Å². The summed E-state index contributed by atoms with van der Waals surface area (Å²) in [6.07, 6.45) is 2.41. The standard InChI is InChI=1S/C34H31N3O7/c38-30(19-42-32(39)13-21-16-35-27-10-4-1-7-24(21)27)31(44-34(41)15-23-18-37-29-12-6-3-9-26(23)29)20-43-33(40)14-22-17-36-28-11-5-2-8-25(22)28/h1-12,16-18,30-31,35-38H,13-15,19-20H2. The summed E-state index contributed by atoms with van der Waals surface area (Å²) in [6.45, 7) is -0.867. The molecular formula is C34H31N3O7. The summed E-state index contributed by atoms with van der Waals surface area (Å²) in [6, 6.07) is 22.7. The third-order valence-electron chi connectivity index (χ3n) is 7.56. The van der Waals surface area contributed by atoms with E-state index < -0.39 is 43.3 Å². The van der Waals surface area contributed by atoms with E-state index in [4.69, 9.17) is 14.2 Å². The summed E-state index contributed by atoms with van der Waals surface area (Å²) >= 11 is 0. The average Bonchev–Trinajstić information content (AvgIpc) is 3.76. The van der Waals surface area contributed by atoms with E-state index in [1.54, 1.807) is 18.6 Å². The van der Waals surface area contributed by atoms with Crippen LogP contribution < -0.4 is 0 Å². The number of aliphatic hydroxyl groups excluding tert-OH is 1. The minimum atomic E-state index is -1.44. The predicted molar refractivity (Wildman–Crippen MR) is 164 cm³/mol. The normalized spacial score (nSPS) is 12.8. The van der Waals surface area contributed by atoms with Crippen LogP contribution in [0.25, 0.3) is 32.7 Å². The number of rotatable bonds is 12. The van der Waals surface area contributed by atoms with Gasteiger partial charge >= 0.3 is 17.9 Å². The zero-order chi connectivity index (χ0) is 30.5. The number of nitrogens with one attached hydrogen (secondary N) is 3. The van der Waals surface area contributed by atoms with Gasteiger partial charge in [0.2, 0.25) is 0 Å². The largest absolute Gasteiger partial charge is 0.463 e. The lowest BCUT2D eigenvalue weighted by atomic mass is 10.1.